The highest BCUT2D eigenvalue weighted by molar-refractivity contribution is 7.71. The van der Waals surface area contributed by atoms with Crippen molar-refractivity contribution in [2.24, 2.45) is 5.10 Å². The second kappa shape index (κ2) is 9.87. The van der Waals surface area contributed by atoms with Gasteiger partial charge in [0.15, 0.2) is 5.82 Å². The van der Waals surface area contributed by atoms with Crippen LogP contribution in [0.3, 0.4) is 0 Å². The number of H-pyrrole nitrogens is 1. The summed E-state index contributed by atoms with van der Waals surface area (Å²) in [5.74, 6) is 1.51. The van der Waals surface area contributed by atoms with Crippen LogP contribution in [0.5, 0.6) is 5.75 Å². The first kappa shape index (κ1) is 20.6. The summed E-state index contributed by atoms with van der Waals surface area (Å²) in [7, 11) is 0. The number of rotatable bonds is 8. The van der Waals surface area contributed by atoms with E-state index < -0.39 is 0 Å². The first-order chi connectivity index (χ1) is 13.6. The molecule has 0 aliphatic carbocycles. The molecule has 0 unspecified atom stereocenters. The maximum Gasteiger partial charge on any atom is 0.216 e. The summed E-state index contributed by atoms with van der Waals surface area (Å²) >= 11 is 17.5. The summed E-state index contributed by atoms with van der Waals surface area (Å²) in [6.45, 7) is 2.46. The Labute approximate surface area is 179 Å². The molecule has 0 aliphatic heterocycles. The van der Waals surface area contributed by atoms with Gasteiger partial charge in [-0.05, 0) is 42.9 Å². The fraction of sp³-hybridized carbons (Fsp3) is 0.250. The van der Waals surface area contributed by atoms with E-state index in [-0.39, 0.29) is 0 Å². The van der Waals surface area contributed by atoms with E-state index in [0.29, 0.717) is 27.2 Å². The minimum absolute atomic E-state index is 0.327. The van der Waals surface area contributed by atoms with Crippen molar-refractivity contribution in [2.75, 3.05) is 0 Å². The normalized spacial score (nSPS) is 11.2. The van der Waals surface area contributed by atoms with E-state index in [1.54, 1.807) is 23.0 Å². The van der Waals surface area contributed by atoms with Gasteiger partial charge in [-0.1, -0.05) is 54.7 Å². The number of para-hydroxylation sites is 1. The van der Waals surface area contributed by atoms with Crippen molar-refractivity contribution < 1.29 is 4.74 Å². The smallest absolute Gasteiger partial charge is 0.216 e. The molecule has 0 fully saturated rings. The van der Waals surface area contributed by atoms with Crippen LogP contribution < -0.4 is 4.74 Å². The number of aryl methyl sites for hydroxylation is 1. The van der Waals surface area contributed by atoms with Crippen LogP contribution in [0.25, 0.3) is 0 Å². The highest BCUT2D eigenvalue weighted by atomic mass is 35.5. The van der Waals surface area contributed by atoms with Crippen LogP contribution in [0.2, 0.25) is 10.0 Å². The highest BCUT2D eigenvalue weighted by Gasteiger charge is 2.07. The molecule has 3 rings (SSSR count). The standard InChI is InChI=1S/C20H20Cl2N4OS/c1-2-3-8-19-24-25-20(28)26(19)23-12-14-6-4-5-7-18(14)27-13-15-9-10-16(21)11-17(15)22/h4-7,9-12H,2-3,8,13H2,1H3,(H,25,28). The van der Waals surface area contributed by atoms with Crippen LogP contribution in [-0.2, 0) is 13.0 Å². The number of aromatic amines is 1. The molecule has 0 bridgehead atoms. The molecule has 1 heterocycles. The Morgan fingerprint density at radius 3 is 2.86 bits per heavy atom. The maximum absolute atomic E-state index is 6.22. The molecule has 0 saturated heterocycles. The van der Waals surface area contributed by atoms with Crippen molar-refractivity contribution in [2.45, 2.75) is 32.8 Å². The Morgan fingerprint density at radius 2 is 2.07 bits per heavy atom. The van der Waals surface area contributed by atoms with Gasteiger partial charge < -0.3 is 4.74 Å². The Kier molecular flexibility index (Phi) is 7.25. The average molecular weight is 435 g/mol. The lowest BCUT2D eigenvalue weighted by molar-refractivity contribution is 0.306. The molecule has 28 heavy (non-hydrogen) atoms. The van der Waals surface area contributed by atoms with Crippen molar-refractivity contribution in [3.8, 4) is 5.75 Å². The van der Waals surface area contributed by atoms with E-state index in [2.05, 4.69) is 22.2 Å². The Bertz CT molecular complexity index is 1030. The second-order valence-corrected chi connectivity index (χ2v) is 7.40. The van der Waals surface area contributed by atoms with E-state index in [9.17, 15) is 0 Å². The van der Waals surface area contributed by atoms with Gasteiger partial charge >= 0.3 is 0 Å². The summed E-state index contributed by atoms with van der Waals surface area (Å²) in [5, 5.41) is 12.7. The van der Waals surface area contributed by atoms with Gasteiger partial charge in [0.25, 0.3) is 0 Å². The van der Waals surface area contributed by atoms with Crippen molar-refractivity contribution in [1.29, 1.82) is 0 Å². The van der Waals surface area contributed by atoms with E-state index in [0.717, 1.165) is 36.2 Å². The van der Waals surface area contributed by atoms with Crippen molar-refractivity contribution in [3.63, 3.8) is 0 Å². The van der Waals surface area contributed by atoms with Crippen LogP contribution in [0.15, 0.2) is 47.6 Å². The van der Waals surface area contributed by atoms with Gasteiger partial charge in [0, 0.05) is 27.6 Å². The molecule has 146 valence electrons. The van der Waals surface area contributed by atoms with Crippen LogP contribution >= 0.6 is 35.4 Å². The predicted molar refractivity (Wildman–Crippen MR) is 116 cm³/mol. The Balaban J connectivity index is 1.78. The molecule has 8 heteroatoms. The number of nitrogens with zero attached hydrogens (tertiary/aromatic N) is 3. The molecule has 0 saturated carbocycles. The molecule has 1 aromatic heterocycles. The van der Waals surface area contributed by atoms with E-state index in [1.807, 2.05) is 30.3 Å². The Morgan fingerprint density at radius 1 is 1.25 bits per heavy atom. The molecule has 1 N–H and O–H groups in total. The summed E-state index contributed by atoms with van der Waals surface area (Å²) in [6, 6.07) is 13.0. The number of aromatic nitrogens is 3. The van der Waals surface area contributed by atoms with Crippen molar-refractivity contribution in [1.82, 2.24) is 14.9 Å². The SMILES string of the molecule is CCCCc1n[nH]c(=S)n1N=Cc1ccccc1OCc1ccc(Cl)cc1Cl. The third kappa shape index (κ3) is 5.22. The van der Waals surface area contributed by atoms with Crippen LogP contribution in [0.4, 0.5) is 0 Å². The van der Waals surface area contributed by atoms with Gasteiger partial charge in [0.05, 0.1) is 6.21 Å². The lowest BCUT2D eigenvalue weighted by Gasteiger charge is -2.10. The van der Waals surface area contributed by atoms with Gasteiger partial charge in [-0.15, -0.1) is 0 Å². The lowest BCUT2D eigenvalue weighted by Crippen LogP contribution is -2.01. The minimum Gasteiger partial charge on any atom is -0.488 e. The van der Waals surface area contributed by atoms with E-state index >= 15 is 0 Å². The topological polar surface area (TPSA) is 55.2 Å². The zero-order valence-corrected chi connectivity index (χ0v) is 17.7. The summed E-state index contributed by atoms with van der Waals surface area (Å²) < 4.78 is 8.08. The molecule has 0 atom stereocenters. The van der Waals surface area contributed by atoms with E-state index in [4.69, 9.17) is 40.2 Å². The largest absolute Gasteiger partial charge is 0.488 e. The van der Waals surface area contributed by atoms with Gasteiger partial charge in [0.2, 0.25) is 4.77 Å². The van der Waals surface area contributed by atoms with Crippen LogP contribution in [0.1, 0.15) is 36.7 Å². The number of hydrogen-bond donors (Lipinski definition) is 1. The molecule has 5 nitrogen and oxygen atoms in total. The second-order valence-electron chi connectivity index (χ2n) is 6.17. The zero-order valence-electron chi connectivity index (χ0n) is 15.4. The maximum atomic E-state index is 6.22. The van der Waals surface area contributed by atoms with Crippen LogP contribution in [-0.4, -0.2) is 21.1 Å². The number of unbranched alkanes of at least 4 members (excludes halogenated alkanes) is 1. The third-order valence-electron chi connectivity index (χ3n) is 4.10. The average Bonchev–Trinajstić information content (AvgIpc) is 3.04. The zero-order chi connectivity index (χ0) is 19.9. The number of halogens is 2. The van der Waals surface area contributed by atoms with Crippen LogP contribution in [0, 0.1) is 4.77 Å². The summed E-state index contributed by atoms with van der Waals surface area (Å²) in [5.41, 5.74) is 1.69. The van der Waals surface area contributed by atoms with Gasteiger partial charge in [-0.2, -0.15) is 14.9 Å². The first-order valence-electron chi connectivity index (χ1n) is 8.95. The van der Waals surface area contributed by atoms with Gasteiger partial charge in [0.1, 0.15) is 12.4 Å². The summed E-state index contributed by atoms with van der Waals surface area (Å²) in [6.07, 6.45) is 4.64. The predicted octanol–water partition coefficient (Wildman–Crippen LogP) is 6.05. The quantitative estimate of drug-likeness (QED) is 0.346. The number of nitrogens with one attached hydrogen (secondary N) is 1. The number of ether oxygens (including phenoxy) is 1. The Hall–Kier alpha value is -2.15. The van der Waals surface area contributed by atoms with Crippen molar-refractivity contribution in [3.05, 3.63) is 74.2 Å². The third-order valence-corrected chi connectivity index (χ3v) is 4.95. The fourth-order valence-corrected chi connectivity index (χ4v) is 3.23. The van der Waals surface area contributed by atoms with Gasteiger partial charge in [-0.25, -0.2) is 0 Å². The summed E-state index contributed by atoms with van der Waals surface area (Å²) in [4.78, 5) is 0. The molecular formula is C20H20Cl2N4OS. The number of hydrogen-bond acceptors (Lipinski definition) is 4. The molecule has 3 aromatic rings. The molecule has 2 aromatic carbocycles. The monoisotopic (exact) mass is 434 g/mol. The number of benzene rings is 2. The molecule has 0 amide bonds. The fourth-order valence-electron chi connectivity index (χ4n) is 2.57. The lowest BCUT2D eigenvalue weighted by atomic mass is 10.2. The highest BCUT2D eigenvalue weighted by Crippen LogP contribution is 2.24. The molecular weight excluding hydrogens is 415 g/mol. The van der Waals surface area contributed by atoms with E-state index in [1.165, 1.54) is 0 Å². The molecule has 0 aliphatic rings. The minimum atomic E-state index is 0.327. The molecule has 0 spiro atoms. The molecule has 0 radical (unpaired) electrons. The van der Waals surface area contributed by atoms with Crippen molar-refractivity contribution >= 4 is 41.6 Å². The van der Waals surface area contributed by atoms with Gasteiger partial charge in [-0.3, -0.25) is 5.10 Å². The first-order valence-corrected chi connectivity index (χ1v) is 10.1.